The summed E-state index contributed by atoms with van der Waals surface area (Å²) in [5.41, 5.74) is 3.15. The van der Waals surface area contributed by atoms with Gasteiger partial charge in [-0.25, -0.2) is 0 Å². The number of rotatable bonds is 7. The highest BCUT2D eigenvalue weighted by molar-refractivity contribution is 6.32. The van der Waals surface area contributed by atoms with Gasteiger partial charge >= 0.3 is 0 Å². The summed E-state index contributed by atoms with van der Waals surface area (Å²) < 4.78 is 13.6. The fourth-order valence-corrected chi connectivity index (χ4v) is 3.51. The molecule has 3 aromatic rings. The van der Waals surface area contributed by atoms with Gasteiger partial charge in [-0.3, -0.25) is 14.7 Å². The fourth-order valence-electron chi connectivity index (χ4n) is 3.32. The maximum absolute atomic E-state index is 6.11. The number of H-pyrrole nitrogens is 1. The van der Waals surface area contributed by atoms with Gasteiger partial charge in [-0.05, 0) is 24.3 Å². The first-order valence-corrected chi connectivity index (χ1v) is 9.79. The molecule has 1 aliphatic rings. The fraction of sp³-hybridized carbons (Fsp3) is 0.400. The molecule has 28 heavy (non-hydrogen) atoms. The van der Waals surface area contributed by atoms with Crippen molar-refractivity contribution in [2.24, 2.45) is 7.05 Å². The van der Waals surface area contributed by atoms with Crippen LogP contribution in [0.4, 0.5) is 0 Å². The highest BCUT2D eigenvalue weighted by Gasteiger charge is 2.24. The van der Waals surface area contributed by atoms with Crippen molar-refractivity contribution < 1.29 is 9.47 Å². The van der Waals surface area contributed by atoms with Crippen LogP contribution in [0.15, 0.2) is 42.6 Å². The molecule has 2 aromatic heterocycles. The second-order valence-corrected chi connectivity index (χ2v) is 7.29. The van der Waals surface area contributed by atoms with Crippen molar-refractivity contribution in [1.82, 2.24) is 24.9 Å². The molecule has 1 aromatic carbocycles. The van der Waals surface area contributed by atoms with E-state index in [1.807, 2.05) is 42.2 Å². The van der Waals surface area contributed by atoms with Crippen molar-refractivity contribution in [2.45, 2.75) is 19.1 Å². The summed E-state index contributed by atoms with van der Waals surface area (Å²) in [6.45, 7) is 3.80. The SMILES string of the molecule is Cn1nccc1CN1CCOC(c2cc(CCOc3ccccc3Cl)[nH]n2)C1. The maximum Gasteiger partial charge on any atom is 0.137 e. The number of nitrogens with zero attached hydrogens (tertiary/aromatic N) is 4. The van der Waals surface area contributed by atoms with E-state index in [1.165, 1.54) is 5.69 Å². The first-order chi connectivity index (χ1) is 13.7. The molecule has 7 nitrogen and oxygen atoms in total. The van der Waals surface area contributed by atoms with E-state index in [2.05, 4.69) is 32.3 Å². The molecule has 0 radical (unpaired) electrons. The van der Waals surface area contributed by atoms with Crippen LogP contribution in [0.25, 0.3) is 0 Å². The van der Waals surface area contributed by atoms with Gasteiger partial charge < -0.3 is 9.47 Å². The van der Waals surface area contributed by atoms with Crippen molar-refractivity contribution >= 4 is 11.6 Å². The second-order valence-electron chi connectivity index (χ2n) is 6.89. The van der Waals surface area contributed by atoms with Gasteiger partial charge in [0.1, 0.15) is 11.9 Å². The summed E-state index contributed by atoms with van der Waals surface area (Å²) in [6, 6.07) is 11.6. The van der Waals surface area contributed by atoms with Gasteiger partial charge in [0, 0.05) is 45.0 Å². The topological polar surface area (TPSA) is 68.2 Å². The third kappa shape index (κ3) is 4.55. The van der Waals surface area contributed by atoms with Gasteiger partial charge in [0.25, 0.3) is 0 Å². The minimum atomic E-state index is -0.0311. The number of hydrogen-bond acceptors (Lipinski definition) is 5. The van der Waals surface area contributed by atoms with Crippen molar-refractivity contribution in [3.63, 3.8) is 0 Å². The van der Waals surface area contributed by atoms with Crippen LogP contribution in [0, 0.1) is 0 Å². The second kappa shape index (κ2) is 8.77. The number of ether oxygens (including phenoxy) is 2. The molecule has 1 atom stereocenters. The van der Waals surface area contributed by atoms with E-state index in [9.17, 15) is 0 Å². The van der Waals surface area contributed by atoms with Crippen LogP contribution in [0.3, 0.4) is 0 Å². The number of para-hydroxylation sites is 1. The van der Waals surface area contributed by atoms with Crippen LogP contribution >= 0.6 is 11.6 Å². The Kier molecular flexibility index (Phi) is 5.95. The van der Waals surface area contributed by atoms with Crippen LogP contribution < -0.4 is 4.74 Å². The zero-order valence-electron chi connectivity index (χ0n) is 15.8. The van der Waals surface area contributed by atoms with E-state index in [-0.39, 0.29) is 6.10 Å². The van der Waals surface area contributed by atoms with Crippen molar-refractivity contribution in [2.75, 3.05) is 26.3 Å². The molecule has 1 saturated heterocycles. The molecule has 1 unspecified atom stereocenters. The van der Waals surface area contributed by atoms with Gasteiger partial charge in [-0.15, -0.1) is 0 Å². The van der Waals surface area contributed by atoms with E-state index in [0.717, 1.165) is 37.4 Å². The molecule has 1 fully saturated rings. The molecular formula is C20H24ClN5O2. The lowest BCUT2D eigenvalue weighted by Gasteiger charge is -2.31. The van der Waals surface area contributed by atoms with Gasteiger partial charge in [0.05, 0.1) is 29.6 Å². The molecule has 0 spiro atoms. The number of halogens is 1. The summed E-state index contributed by atoms with van der Waals surface area (Å²) in [5, 5.41) is 12.4. The number of benzene rings is 1. The Morgan fingerprint density at radius 3 is 3.04 bits per heavy atom. The highest BCUT2D eigenvalue weighted by atomic mass is 35.5. The van der Waals surface area contributed by atoms with Crippen molar-refractivity contribution in [3.05, 3.63) is 64.7 Å². The Morgan fingerprint density at radius 1 is 1.32 bits per heavy atom. The summed E-state index contributed by atoms with van der Waals surface area (Å²) >= 11 is 6.11. The molecule has 8 heteroatoms. The molecule has 1 aliphatic heterocycles. The van der Waals surface area contributed by atoms with Gasteiger partial charge in [0.15, 0.2) is 0 Å². The predicted molar refractivity (Wildman–Crippen MR) is 106 cm³/mol. The normalized spacial score (nSPS) is 17.7. The molecular weight excluding hydrogens is 378 g/mol. The third-order valence-electron chi connectivity index (χ3n) is 4.90. The molecule has 0 amide bonds. The van der Waals surface area contributed by atoms with Crippen molar-refractivity contribution in [1.29, 1.82) is 0 Å². The smallest absolute Gasteiger partial charge is 0.137 e. The van der Waals surface area contributed by atoms with E-state index >= 15 is 0 Å². The summed E-state index contributed by atoms with van der Waals surface area (Å²) in [7, 11) is 1.97. The largest absolute Gasteiger partial charge is 0.492 e. The van der Waals surface area contributed by atoms with E-state index < -0.39 is 0 Å². The molecule has 0 aliphatic carbocycles. The average Bonchev–Trinajstić information content (AvgIpc) is 3.33. The zero-order chi connectivity index (χ0) is 19.3. The quantitative estimate of drug-likeness (QED) is 0.659. The van der Waals surface area contributed by atoms with Gasteiger partial charge in [0.2, 0.25) is 0 Å². The first kappa shape index (κ1) is 19.0. The Bertz CT molecular complexity index is 909. The van der Waals surface area contributed by atoms with Crippen LogP contribution in [-0.2, 0) is 24.8 Å². The first-order valence-electron chi connectivity index (χ1n) is 9.41. The zero-order valence-corrected chi connectivity index (χ0v) is 16.6. The number of aromatic nitrogens is 4. The Balaban J connectivity index is 1.30. The molecule has 0 saturated carbocycles. The van der Waals surface area contributed by atoms with Crippen LogP contribution in [0.1, 0.15) is 23.2 Å². The average molecular weight is 402 g/mol. The summed E-state index contributed by atoms with van der Waals surface area (Å²) in [6.07, 6.45) is 2.53. The third-order valence-corrected chi connectivity index (χ3v) is 5.22. The molecule has 0 bridgehead atoms. The Morgan fingerprint density at radius 2 is 2.21 bits per heavy atom. The Labute approximate surface area is 169 Å². The molecule has 4 rings (SSSR count). The number of morpholine rings is 1. The lowest BCUT2D eigenvalue weighted by Crippen LogP contribution is -2.38. The lowest BCUT2D eigenvalue weighted by molar-refractivity contribution is -0.0356. The predicted octanol–water partition coefficient (Wildman–Crippen LogP) is 2.99. The number of aromatic amines is 1. The van der Waals surface area contributed by atoms with Gasteiger partial charge in [-0.2, -0.15) is 10.2 Å². The van der Waals surface area contributed by atoms with Crippen LogP contribution in [-0.4, -0.2) is 51.2 Å². The molecule has 1 N–H and O–H groups in total. The minimum absolute atomic E-state index is 0.0311. The monoisotopic (exact) mass is 401 g/mol. The van der Waals surface area contributed by atoms with Crippen molar-refractivity contribution in [3.8, 4) is 5.75 Å². The summed E-state index contributed by atoms with van der Waals surface area (Å²) in [4.78, 5) is 2.38. The number of aryl methyl sites for hydroxylation is 1. The summed E-state index contributed by atoms with van der Waals surface area (Å²) in [5.74, 6) is 0.699. The van der Waals surface area contributed by atoms with Crippen LogP contribution in [0.5, 0.6) is 5.75 Å². The van der Waals surface area contributed by atoms with E-state index in [4.69, 9.17) is 21.1 Å². The van der Waals surface area contributed by atoms with E-state index in [1.54, 1.807) is 0 Å². The van der Waals surface area contributed by atoms with Gasteiger partial charge in [-0.1, -0.05) is 23.7 Å². The standard InChI is InChI=1S/C20H24ClN5O2/c1-25-16(6-8-22-25)13-26-9-11-28-20(14-26)18-12-15(23-24-18)7-10-27-19-5-3-2-4-17(19)21/h2-6,8,12,20H,7,9-11,13-14H2,1H3,(H,23,24). The maximum atomic E-state index is 6.11. The highest BCUT2D eigenvalue weighted by Crippen LogP contribution is 2.24. The number of nitrogens with one attached hydrogen (secondary N) is 1. The number of hydrogen-bond donors (Lipinski definition) is 1. The molecule has 3 heterocycles. The minimum Gasteiger partial charge on any atom is -0.492 e. The van der Waals surface area contributed by atoms with Crippen LogP contribution in [0.2, 0.25) is 5.02 Å². The van der Waals surface area contributed by atoms with E-state index in [0.29, 0.717) is 24.0 Å². The molecule has 148 valence electrons. The Hall–Kier alpha value is -2.35. The lowest BCUT2D eigenvalue weighted by atomic mass is 10.2.